The van der Waals surface area contributed by atoms with E-state index in [2.05, 4.69) is 13.2 Å². The molecule has 2 fully saturated rings. The van der Waals surface area contributed by atoms with Gasteiger partial charge in [0.15, 0.2) is 0 Å². The fourth-order valence-electron chi connectivity index (χ4n) is 1.01. The standard InChI is InChI=1S/C9H16O4.C2H4/c1-7(11-4-9-6-13-9)2-10-3-8-5-12-8;1-2/h7-9H,2-6H2,1H3;1-2H2. The van der Waals surface area contributed by atoms with Gasteiger partial charge in [-0.25, -0.2) is 0 Å². The number of hydrogen-bond donors (Lipinski definition) is 0. The molecule has 0 N–H and O–H groups in total. The Morgan fingerprint density at radius 3 is 2.27 bits per heavy atom. The van der Waals surface area contributed by atoms with Crippen molar-refractivity contribution in [3.63, 3.8) is 0 Å². The molecule has 2 heterocycles. The lowest BCUT2D eigenvalue weighted by Gasteiger charge is -2.11. The Kier molecular flexibility index (Phi) is 5.86. The minimum Gasteiger partial charge on any atom is -0.376 e. The second-order valence-corrected chi connectivity index (χ2v) is 3.59. The molecule has 2 saturated heterocycles. The van der Waals surface area contributed by atoms with Crippen LogP contribution in [-0.4, -0.2) is 51.3 Å². The van der Waals surface area contributed by atoms with Gasteiger partial charge in [0.05, 0.1) is 39.1 Å². The molecule has 0 amide bonds. The molecule has 4 nitrogen and oxygen atoms in total. The van der Waals surface area contributed by atoms with Crippen molar-refractivity contribution in [2.24, 2.45) is 0 Å². The van der Waals surface area contributed by atoms with Gasteiger partial charge in [0.2, 0.25) is 0 Å². The van der Waals surface area contributed by atoms with Crippen molar-refractivity contribution in [3.05, 3.63) is 13.2 Å². The zero-order valence-corrected chi connectivity index (χ0v) is 9.31. The molecule has 0 spiro atoms. The Morgan fingerprint density at radius 2 is 1.73 bits per heavy atom. The molecule has 2 aliphatic heterocycles. The first-order valence-corrected chi connectivity index (χ1v) is 5.27. The van der Waals surface area contributed by atoms with Crippen LogP contribution in [0.1, 0.15) is 6.92 Å². The van der Waals surface area contributed by atoms with Crippen LogP contribution in [0.15, 0.2) is 13.2 Å². The first-order chi connectivity index (χ1) is 7.34. The molecule has 2 rings (SSSR count). The molecule has 2 aliphatic rings. The van der Waals surface area contributed by atoms with Crippen LogP contribution in [0.25, 0.3) is 0 Å². The van der Waals surface area contributed by atoms with Crippen molar-refractivity contribution in [1.29, 1.82) is 0 Å². The first-order valence-electron chi connectivity index (χ1n) is 5.27. The SMILES string of the molecule is C=C.CC(COCC1CO1)OCC1CO1. The third-order valence-electron chi connectivity index (χ3n) is 2.03. The van der Waals surface area contributed by atoms with E-state index in [0.29, 0.717) is 32.0 Å². The van der Waals surface area contributed by atoms with Gasteiger partial charge in [-0.05, 0) is 6.92 Å². The summed E-state index contributed by atoms with van der Waals surface area (Å²) in [5.74, 6) is 0. The van der Waals surface area contributed by atoms with Gasteiger partial charge in [0.25, 0.3) is 0 Å². The molecule has 0 aromatic heterocycles. The molecule has 3 atom stereocenters. The average Bonchev–Trinajstić information content (AvgIpc) is 3.12. The van der Waals surface area contributed by atoms with Crippen LogP contribution in [-0.2, 0) is 18.9 Å². The Bertz CT molecular complexity index is 166. The van der Waals surface area contributed by atoms with Crippen molar-refractivity contribution in [2.75, 3.05) is 33.0 Å². The lowest BCUT2D eigenvalue weighted by atomic mass is 10.4. The fraction of sp³-hybridized carbons (Fsp3) is 0.818. The molecule has 15 heavy (non-hydrogen) atoms. The summed E-state index contributed by atoms with van der Waals surface area (Å²) >= 11 is 0. The van der Waals surface area contributed by atoms with Crippen molar-refractivity contribution in [1.82, 2.24) is 0 Å². The zero-order chi connectivity index (χ0) is 11.1. The van der Waals surface area contributed by atoms with Crippen molar-refractivity contribution in [2.45, 2.75) is 25.2 Å². The van der Waals surface area contributed by atoms with Gasteiger partial charge >= 0.3 is 0 Å². The summed E-state index contributed by atoms with van der Waals surface area (Å²) in [7, 11) is 0. The summed E-state index contributed by atoms with van der Waals surface area (Å²) in [5, 5.41) is 0. The van der Waals surface area contributed by atoms with Gasteiger partial charge in [0.1, 0.15) is 12.2 Å². The summed E-state index contributed by atoms with van der Waals surface area (Å²) in [6.07, 6.45) is 0.844. The molecule has 0 radical (unpaired) electrons. The van der Waals surface area contributed by atoms with E-state index in [1.165, 1.54) is 0 Å². The van der Waals surface area contributed by atoms with Gasteiger partial charge in [-0.3, -0.25) is 0 Å². The molecule has 0 aromatic rings. The highest BCUT2D eigenvalue weighted by Gasteiger charge is 2.24. The van der Waals surface area contributed by atoms with Gasteiger partial charge in [-0.15, -0.1) is 13.2 Å². The van der Waals surface area contributed by atoms with Gasteiger partial charge < -0.3 is 18.9 Å². The maximum atomic E-state index is 5.48. The first kappa shape index (κ1) is 12.6. The second kappa shape index (κ2) is 6.95. The van der Waals surface area contributed by atoms with Crippen LogP contribution >= 0.6 is 0 Å². The van der Waals surface area contributed by atoms with E-state index in [-0.39, 0.29) is 6.10 Å². The third kappa shape index (κ3) is 6.62. The van der Waals surface area contributed by atoms with Crippen LogP contribution in [0.4, 0.5) is 0 Å². The van der Waals surface area contributed by atoms with Crippen LogP contribution < -0.4 is 0 Å². The summed E-state index contributed by atoms with van der Waals surface area (Å²) in [6, 6.07) is 0. The Labute approximate surface area is 91.1 Å². The van der Waals surface area contributed by atoms with Crippen molar-refractivity contribution < 1.29 is 18.9 Å². The number of ether oxygens (including phenoxy) is 4. The molecule has 0 aliphatic carbocycles. The summed E-state index contributed by atoms with van der Waals surface area (Å²) < 4.78 is 20.9. The molecule has 0 saturated carbocycles. The fourth-order valence-corrected chi connectivity index (χ4v) is 1.01. The Hall–Kier alpha value is -0.420. The molecule has 88 valence electrons. The van der Waals surface area contributed by atoms with Gasteiger partial charge in [0, 0.05) is 0 Å². The van der Waals surface area contributed by atoms with E-state index in [1.54, 1.807) is 0 Å². The highest BCUT2D eigenvalue weighted by molar-refractivity contribution is 4.69. The van der Waals surface area contributed by atoms with E-state index in [0.717, 1.165) is 13.2 Å². The highest BCUT2D eigenvalue weighted by Crippen LogP contribution is 2.11. The normalized spacial score (nSPS) is 28.9. The van der Waals surface area contributed by atoms with E-state index >= 15 is 0 Å². The van der Waals surface area contributed by atoms with Crippen LogP contribution in [0, 0.1) is 0 Å². The third-order valence-corrected chi connectivity index (χ3v) is 2.03. The summed E-state index contributed by atoms with van der Waals surface area (Å²) in [5.41, 5.74) is 0. The molecule has 0 bridgehead atoms. The monoisotopic (exact) mass is 216 g/mol. The minimum absolute atomic E-state index is 0.156. The molecular formula is C11H20O4. The smallest absolute Gasteiger partial charge is 0.104 e. The Balaban J connectivity index is 0.000000531. The largest absolute Gasteiger partial charge is 0.376 e. The van der Waals surface area contributed by atoms with Crippen LogP contribution in [0.2, 0.25) is 0 Å². The van der Waals surface area contributed by atoms with Gasteiger partial charge in [-0.2, -0.15) is 0 Å². The minimum atomic E-state index is 0.156. The molecular weight excluding hydrogens is 196 g/mol. The average molecular weight is 216 g/mol. The zero-order valence-electron chi connectivity index (χ0n) is 9.31. The van der Waals surface area contributed by atoms with E-state index in [4.69, 9.17) is 18.9 Å². The number of rotatable bonds is 7. The summed E-state index contributed by atoms with van der Waals surface area (Å²) in [6.45, 7) is 11.8. The maximum absolute atomic E-state index is 5.48. The lowest BCUT2D eigenvalue weighted by molar-refractivity contribution is -0.0146. The van der Waals surface area contributed by atoms with Crippen LogP contribution in [0.3, 0.4) is 0 Å². The topological polar surface area (TPSA) is 43.5 Å². The maximum Gasteiger partial charge on any atom is 0.104 e. The van der Waals surface area contributed by atoms with Crippen LogP contribution in [0.5, 0.6) is 0 Å². The number of epoxide rings is 2. The quantitative estimate of drug-likeness (QED) is 0.470. The molecule has 3 unspecified atom stereocenters. The Morgan fingerprint density at radius 1 is 1.20 bits per heavy atom. The van der Waals surface area contributed by atoms with E-state index in [1.807, 2.05) is 6.92 Å². The van der Waals surface area contributed by atoms with E-state index < -0.39 is 0 Å². The molecule has 4 heteroatoms. The second-order valence-electron chi connectivity index (χ2n) is 3.59. The highest BCUT2D eigenvalue weighted by atomic mass is 16.6. The molecule has 0 aromatic carbocycles. The predicted molar refractivity (Wildman–Crippen MR) is 57.0 cm³/mol. The van der Waals surface area contributed by atoms with Gasteiger partial charge in [-0.1, -0.05) is 0 Å². The van der Waals surface area contributed by atoms with E-state index in [9.17, 15) is 0 Å². The lowest BCUT2D eigenvalue weighted by Crippen LogP contribution is -2.19. The number of hydrogen-bond acceptors (Lipinski definition) is 4. The van der Waals surface area contributed by atoms with Crippen molar-refractivity contribution >= 4 is 0 Å². The predicted octanol–water partition coefficient (Wildman–Crippen LogP) is 1.01. The summed E-state index contributed by atoms with van der Waals surface area (Å²) in [4.78, 5) is 0. The van der Waals surface area contributed by atoms with Crippen molar-refractivity contribution in [3.8, 4) is 0 Å².